The van der Waals surface area contributed by atoms with Gasteiger partial charge in [0.05, 0.1) is 11.4 Å². The van der Waals surface area contributed by atoms with Gasteiger partial charge in [0.15, 0.2) is 4.21 Å². The number of carboxylic acid groups (broad SMARTS) is 1. The van der Waals surface area contributed by atoms with Crippen molar-refractivity contribution >= 4 is 43.2 Å². The molecule has 1 N–H and O–H groups in total. The van der Waals surface area contributed by atoms with Crippen molar-refractivity contribution in [3.63, 3.8) is 0 Å². The molecule has 3 aromatic rings. The number of hydrogen-bond acceptors (Lipinski definition) is 5. The molecule has 0 spiro atoms. The first kappa shape index (κ1) is 20.4. The van der Waals surface area contributed by atoms with Crippen LogP contribution in [0.1, 0.15) is 5.01 Å². The number of carbonyl (C=O) groups is 1. The number of amides is 1. The minimum Gasteiger partial charge on any atom is -0.465 e. The van der Waals surface area contributed by atoms with E-state index in [4.69, 9.17) is 5.11 Å². The molecule has 0 radical (unpaired) electrons. The van der Waals surface area contributed by atoms with Crippen LogP contribution in [0.3, 0.4) is 0 Å². The zero-order valence-electron chi connectivity index (χ0n) is 14.5. The highest BCUT2D eigenvalue weighted by molar-refractivity contribution is 9.10. The van der Waals surface area contributed by atoms with Gasteiger partial charge < -0.3 is 10.0 Å². The lowest BCUT2D eigenvalue weighted by Gasteiger charge is -2.09. The van der Waals surface area contributed by atoms with E-state index in [0.29, 0.717) is 4.47 Å². The number of hydrogen-bond donors (Lipinski definition) is 1. The molecule has 0 aliphatic heterocycles. The topological polar surface area (TPSA) is 87.6 Å². The zero-order chi connectivity index (χ0) is 20.5. The van der Waals surface area contributed by atoms with Crippen LogP contribution in [0.4, 0.5) is 9.18 Å². The number of rotatable bonds is 5. The summed E-state index contributed by atoms with van der Waals surface area (Å²) < 4.78 is 41.3. The Hall–Kier alpha value is -2.30. The van der Waals surface area contributed by atoms with E-state index < -0.39 is 21.7 Å². The number of halogens is 2. The lowest BCUT2D eigenvalue weighted by molar-refractivity contribution is 0.153. The predicted molar refractivity (Wildman–Crippen MR) is 107 cm³/mol. The summed E-state index contributed by atoms with van der Waals surface area (Å²) in [5.74, 6) is -0.614. The molecule has 0 aliphatic carbocycles. The fourth-order valence-corrected chi connectivity index (χ4v) is 6.03. The molecule has 1 heterocycles. The van der Waals surface area contributed by atoms with E-state index in [1.807, 2.05) is 0 Å². The van der Waals surface area contributed by atoms with Crippen molar-refractivity contribution in [2.75, 3.05) is 7.05 Å². The lowest BCUT2D eigenvalue weighted by Crippen LogP contribution is -2.23. The summed E-state index contributed by atoms with van der Waals surface area (Å²) in [6, 6.07) is 11.9. The lowest BCUT2D eigenvalue weighted by atomic mass is 10.1. The van der Waals surface area contributed by atoms with Crippen molar-refractivity contribution in [3.05, 3.63) is 63.8 Å². The third-order valence-electron chi connectivity index (χ3n) is 3.82. The Morgan fingerprint density at radius 1 is 1.25 bits per heavy atom. The van der Waals surface area contributed by atoms with Gasteiger partial charge in [-0.15, -0.1) is 11.3 Å². The molecule has 0 aliphatic rings. The molecule has 0 unspecified atom stereocenters. The largest absolute Gasteiger partial charge is 0.465 e. The van der Waals surface area contributed by atoms with Crippen molar-refractivity contribution in [3.8, 4) is 11.3 Å². The van der Waals surface area contributed by atoms with Gasteiger partial charge in [0, 0.05) is 17.1 Å². The maximum Gasteiger partial charge on any atom is 0.407 e. The van der Waals surface area contributed by atoms with E-state index in [1.54, 1.807) is 18.2 Å². The van der Waals surface area contributed by atoms with Gasteiger partial charge in [0.1, 0.15) is 16.5 Å². The van der Waals surface area contributed by atoms with Crippen LogP contribution in [-0.2, 0) is 16.4 Å². The molecule has 3 rings (SSSR count). The Balaban J connectivity index is 2.20. The fourth-order valence-electron chi connectivity index (χ4n) is 2.43. The first-order valence-electron chi connectivity index (χ1n) is 7.89. The second-order valence-electron chi connectivity index (χ2n) is 5.82. The third-order valence-corrected chi connectivity index (χ3v) is 7.61. The zero-order valence-corrected chi connectivity index (χ0v) is 17.7. The molecule has 0 atom stereocenters. The van der Waals surface area contributed by atoms with Crippen LogP contribution in [0.15, 0.2) is 62.1 Å². The Bertz CT molecular complexity index is 1150. The first-order valence-corrected chi connectivity index (χ1v) is 11.0. The van der Waals surface area contributed by atoms with Crippen LogP contribution >= 0.6 is 27.3 Å². The number of aromatic nitrogens is 1. The van der Waals surface area contributed by atoms with E-state index in [0.717, 1.165) is 16.2 Å². The summed E-state index contributed by atoms with van der Waals surface area (Å²) in [6.07, 6.45) is -1.18. The molecule has 0 saturated heterocycles. The van der Waals surface area contributed by atoms with Crippen molar-refractivity contribution in [2.24, 2.45) is 0 Å². The molecule has 10 heteroatoms. The summed E-state index contributed by atoms with van der Waals surface area (Å²) in [5.41, 5.74) is 0.00779. The van der Waals surface area contributed by atoms with Gasteiger partial charge in [-0.3, -0.25) is 0 Å². The summed E-state index contributed by atoms with van der Waals surface area (Å²) in [4.78, 5) is 16.4. The number of sulfone groups is 1. The molecule has 146 valence electrons. The van der Waals surface area contributed by atoms with Gasteiger partial charge in [-0.1, -0.05) is 34.1 Å². The highest BCUT2D eigenvalue weighted by Crippen LogP contribution is 2.37. The van der Waals surface area contributed by atoms with Crippen molar-refractivity contribution in [1.29, 1.82) is 0 Å². The van der Waals surface area contributed by atoms with Crippen LogP contribution in [-0.4, -0.2) is 36.5 Å². The summed E-state index contributed by atoms with van der Waals surface area (Å²) in [6.45, 7) is -0.116. The second-order valence-corrected chi connectivity index (χ2v) is 9.97. The first-order chi connectivity index (χ1) is 13.2. The molecular weight excluding hydrogens is 471 g/mol. The van der Waals surface area contributed by atoms with E-state index in [1.165, 1.54) is 37.4 Å². The average Bonchev–Trinajstić information content (AvgIpc) is 3.06. The minimum atomic E-state index is -4.00. The molecule has 1 aromatic heterocycles. The Morgan fingerprint density at radius 2 is 1.96 bits per heavy atom. The van der Waals surface area contributed by atoms with Gasteiger partial charge in [-0.05, 0) is 30.3 Å². The molecule has 0 saturated carbocycles. The van der Waals surface area contributed by atoms with E-state index >= 15 is 0 Å². The predicted octanol–water partition coefficient (Wildman–Crippen LogP) is 4.65. The van der Waals surface area contributed by atoms with Gasteiger partial charge >= 0.3 is 6.09 Å². The normalized spacial score (nSPS) is 11.4. The van der Waals surface area contributed by atoms with Crippen molar-refractivity contribution in [2.45, 2.75) is 15.6 Å². The molecule has 6 nitrogen and oxygen atoms in total. The van der Waals surface area contributed by atoms with Crippen LogP contribution < -0.4 is 0 Å². The van der Waals surface area contributed by atoms with E-state index in [9.17, 15) is 17.6 Å². The van der Waals surface area contributed by atoms with Crippen molar-refractivity contribution in [1.82, 2.24) is 9.88 Å². The van der Waals surface area contributed by atoms with Crippen LogP contribution in [0.5, 0.6) is 0 Å². The Morgan fingerprint density at radius 3 is 2.61 bits per heavy atom. The van der Waals surface area contributed by atoms with E-state index in [2.05, 4.69) is 20.9 Å². The smallest absolute Gasteiger partial charge is 0.407 e. The maximum atomic E-state index is 14.4. The molecule has 1 amide bonds. The van der Waals surface area contributed by atoms with E-state index in [-0.39, 0.29) is 31.9 Å². The van der Waals surface area contributed by atoms with Crippen molar-refractivity contribution < 1.29 is 22.7 Å². The van der Waals surface area contributed by atoms with Crippen LogP contribution in [0.2, 0.25) is 0 Å². The van der Waals surface area contributed by atoms with Crippen LogP contribution in [0, 0.1) is 5.82 Å². The molecule has 0 fully saturated rings. The molecular formula is C18H14BrFN2O4S2. The SMILES string of the molecule is CN(Cc1nc(-c2ccccc2F)c(S(=O)(=O)c2cccc(Br)c2)s1)C(=O)O. The number of nitrogens with zero attached hydrogens (tertiary/aromatic N) is 2. The minimum absolute atomic E-state index is 0.0289. The highest BCUT2D eigenvalue weighted by Gasteiger charge is 2.28. The number of benzene rings is 2. The van der Waals surface area contributed by atoms with Gasteiger partial charge in [-0.2, -0.15) is 0 Å². The summed E-state index contributed by atoms with van der Waals surface area (Å²) in [7, 11) is -2.66. The molecule has 2 aromatic carbocycles. The highest BCUT2D eigenvalue weighted by atomic mass is 79.9. The quantitative estimate of drug-likeness (QED) is 0.569. The summed E-state index contributed by atoms with van der Waals surface area (Å²) >= 11 is 4.08. The van der Waals surface area contributed by atoms with Gasteiger partial charge in [0.25, 0.3) is 0 Å². The Labute approximate surface area is 173 Å². The third kappa shape index (κ3) is 4.08. The fraction of sp³-hybridized carbons (Fsp3) is 0.111. The van der Waals surface area contributed by atoms with Gasteiger partial charge in [0.2, 0.25) is 9.84 Å². The Kier molecular flexibility index (Phi) is 5.82. The standard InChI is InChI=1S/C18H14BrFN2O4S2/c1-22(18(23)24)10-15-21-16(13-7-2-3-8-14(13)20)17(27-15)28(25,26)12-6-4-5-11(19)9-12/h2-9H,10H2,1H3,(H,23,24). The maximum absolute atomic E-state index is 14.4. The van der Waals surface area contributed by atoms with Gasteiger partial charge in [-0.25, -0.2) is 22.6 Å². The monoisotopic (exact) mass is 484 g/mol. The average molecular weight is 485 g/mol. The molecule has 28 heavy (non-hydrogen) atoms. The number of thiazole rings is 1. The second kappa shape index (κ2) is 7.98. The molecule has 0 bridgehead atoms. The summed E-state index contributed by atoms with van der Waals surface area (Å²) in [5, 5.41) is 9.32. The van der Waals surface area contributed by atoms with Crippen LogP contribution in [0.25, 0.3) is 11.3 Å².